The van der Waals surface area contributed by atoms with E-state index in [4.69, 9.17) is 19.0 Å². The normalized spacial score (nSPS) is 21.3. The number of hydroxylamine groups is 1. The van der Waals surface area contributed by atoms with Crippen molar-refractivity contribution in [3.05, 3.63) is 77.9 Å². The number of carbonyl (C=O) groups is 2. The summed E-state index contributed by atoms with van der Waals surface area (Å²) in [5, 5.41) is 1.63. The second kappa shape index (κ2) is 8.96. The van der Waals surface area contributed by atoms with Gasteiger partial charge >= 0.3 is 0 Å². The lowest BCUT2D eigenvalue weighted by Gasteiger charge is -2.30. The summed E-state index contributed by atoms with van der Waals surface area (Å²) in [6.45, 7) is 1.92. The van der Waals surface area contributed by atoms with Crippen molar-refractivity contribution >= 4 is 23.2 Å². The lowest BCUT2D eigenvalue weighted by atomic mass is 9.89. The third-order valence-corrected chi connectivity index (χ3v) is 6.44. The van der Waals surface area contributed by atoms with E-state index in [1.54, 1.807) is 24.3 Å². The fourth-order valence-electron chi connectivity index (χ4n) is 4.91. The number of benzene rings is 3. The molecule has 5 rings (SSSR count). The van der Waals surface area contributed by atoms with E-state index in [0.717, 1.165) is 5.56 Å². The number of carbonyl (C=O) groups excluding carboxylic acids is 2. The molecule has 3 aromatic carbocycles. The van der Waals surface area contributed by atoms with Crippen LogP contribution in [0.5, 0.6) is 17.2 Å². The van der Waals surface area contributed by atoms with Crippen LogP contribution in [0.1, 0.15) is 17.2 Å². The fraction of sp³-hybridized carbons (Fsp3) is 0.259. The maximum atomic E-state index is 13.8. The van der Waals surface area contributed by atoms with Gasteiger partial charge in [-0.15, -0.1) is 0 Å². The number of hydrogen-bond donors (Lipinski definition) is 0. The number of hydrogen-bond acceptors (Lipinski definition) is 7. The second-order valence-electron chi connectivity index (χ2n) is 8.43. The van der Waals surface area contributed by atoms with E-state index in [0.29, 0.717) is 34.2 Å². The topological polar surface area (TPSA) is 77.5 Å². The Hall–Kier alpha value is -4.04. The molecule has 0 N–H and O–H groups in total. The Bertz CT molecular complexity index is 1280. The number of ether oxygens (including phenoxy) is 3. The van der Waals surface area contributed by atoms with Gasteiger partial charge in [-0.2, -0.15) is 0 Å². The average molecular weight is 475 g/mol. The summed E-state index contributed by atoms with van der Waals surface area (Å²) >= 11 is 0. The Morgan fingerprint density at radius 1 is 0.771 bits per heavy atom. The Morgan fingerprint density at radius 2 is 1.49 bits per heavy atom. The van der Waals surface area contributed by atoms with Crippen molar-refractivity contribution in [2.75, 3.05) is 31.3 Å². The SMILES string of the molecule is COc1ccc([C@H]2[C@@H]3C(=O)N(c4cccc(C)c4)C(=O)[C@H]3ON2c2ccccc2)c(OC)c1OC. The molecule has 180 valence electrons. The van der Waals surface area contributed by atoms with Gasteiger partial charge in [0.25, 0.3) is 5.91 Å². The number of para-hydroxylation sites is 1. The number of rotatable bonds is 6. The van der Waals surface area contributed by atoms with Gasteiger partial charge in [0, 0.05) is 5.56 Å². The maximum Gasteiger partial charge on any atom is 0.266 e. The largest absolute Gasteiger partial charge is 0.493 e. The smallest absolute Gasteiger partial charge is 0.266 e. The third kappa shape index (κ3) is 3.57. The van der Waals surface area contributed by atoms with E-state index in [2.05, 4.69) is 0 Å². The summed E-state index contributed by atoms with van der Waals surface area (Å²) in [5.41, 5.74) is 2.84. The highest BCUT2D eigenvalue weighted by Gasteiger charge is 2.61. The van der Waals surface area contributed by atoms with Crippen molar-refractivity contribution in [2.45, 2.75) is 19.1 Å². The van der Waals surface area contributed by atoms with E-state index in [1.807, 2.05) is 61.5 Å². The molecule has 35 heavy (non-hydrogen) atoms. The lowest BCUT2D eigenvalue weighted by molar-refractivity contribution is -0.126. The number of methoxy groups -OCH3 is 3. The number of aryl methyl sites for hydroxylation is 1. The highest BCUT2D eigenvalue weighted by Crippen LogP contribution is 2.52. The summed E-state index contributed by atoms with van der Waals surface area (Å²) in [5.74, 6) is -0.216. The molecule has 0 spiro atoms. The summed E-state index contributed by atoms with van der Waals surface area (Å²) in [4.78, 5) is 34.8. The Balaban J connectivity index is 1.66. The molecule has 0 radical (unpaired) electrons. The molecule has 2 amide bonds. The minimum Gasteiger partial charge on any atom is -0.493 e. The van der Waals surface area contributed by atoms with Crippen molar-refractivity contribution in [1.29, 1.82) is 0 Å². The van der Waals surface area contributed by atoms with Crippen LogP contribution in [0.25, 0.3) is 0 Å². The summed E-state index contributed by atoms with van der Waals surface area (Å²) in [7, 11) is 4.60. The van der Waals surface area contributed by atoms with Crippen molar-refractivity contribution in [2.24, 2.45) is 5.92 Å². The van der Waals surface area contributed by atoms with Gasteiger partial charge in [-0.05, 0) is 48.9 Å². The first-order chi connectivity index (χ1) is 17.0. The molecule has 0 aliphatic carbocycles. The minimum atomic E-state index is -0.981. The van der Waals surface area contributed by atoms with E-state index < -0.39 is 24.0 Å². The molecule has 2 heterocycles. The fourth-order valence-corrected chi connectivity index (χ4v) is 4.91. The van der Waals surface area contributed by atoms with Crippen LogP contribution in [-0.2, 0) is 14.4 Å². The summed E-state index contributed by atoms with van der Waals surface area (Å²) < 4.78 is 16.8. The van der Waals surface area contributed by atoms with Crippen LogP contribution in [0, 0.1) is 12.8 Å². The van der Waals surface area contributed by atoms with Crippen LogP contribution in [0.3, 0.4) is 0 Å². The highest BCUT2D eigenvalue weighted by atomic mass is 16.7. The van der Waals surface area contributed by atoms with Gasteiger partial charge < -0.3 is 14.2 Å². The van der Waals surface area contributed by atoms with Crippen molar-refractivity contribution in [3.63, 3.8) is 0 Å². The zero-order chi connectivity index (χ0) is 24.7. The Morgan fingerprint density at radius 3 is 2.14 bits per heavy atom. The number of nitrogens with zero attached hydrogens (tertiary/aromatic N) is 2. The van der Waals surface area contributed by atoms with Crippen LogP contribution < -0.4 is 24.2 Å². The molecule has 0 unspecified atom stereocenters. The molecule has 2 fully saturated rings. The molecule has 8 nitrogen and oxygen atoms in total. The van der Waals surface area contributed by atoms with Crippen LogP contribution in [0.4, 0.5) is 11.4 Å². The third-order valence-electron chi connectivity index (χ3n) is 6.44. The molecule has 0 saturated carbocycles. The maximum absolute atomic E-state index is 13.8. The van der Waals surface area contributed by atoms with Gasteiger partial charge in [-0.25, -0.2) is 9.96 Å². The molecule has 3 aromatic rings. The first-order valence-electron chi connectivity index (χ1n) is 11.2. The predicted molar refractivity (Wildman–Crippen MR) is 130 cm³/mol. The van der Waals surface area contributed by atoms with E-state index in [-0.39, 0.29) is 5.91 Å². The number of fused-ring (bicyclic) bond motifs is 1. The van der Waals surface area contributed by atoms with Crippen LogP contribution in [-0.4, -0.2) is 39.2 Å². The highest BCUT2D eigenvalue weighted by molar-refractivity contribution is 6.24. The summed E-state index contributed by atoms with van der Waals surface area (Å²) in [6, 6.07) is 19.6. The van der Waals surface area contributed by atoms with Gasteiger partial charge in [0.1, 0.15) is 12.0 Å². The van der Waals surface area contributed by atoms with Gasteiger partial charge in [-0.3, -0.25) is 14.4 Å². The molecular weight excluding hydrogens is 448 g/mol. The van der Waals surface area contributed by atoms with Crippen molar-refractivity contribution in [1.82, 2.24) is 0 Å². The minimum absolute atomic E-state index is 0.328. The number of amides is 2. The zero-order valence-electron chi connectivity index (χ0n) is 19.9. The molecule has 2 aliphatic heterocycles. The Kier molecular flexibility index (Phi) is 5.82. The standard InChI is InChI=1S/C27H26N2O6/c1-16-9-8-12-18(15-16)28-26(30)21-22(19-13-14-20(32-2)24(34-4)23(19)33-3)29(35-25(21)27(28)31)17-10-6-5-7-11-17/h5-15,21-22,25H,1-4H3/t21-,22-,25-/m0/s1. The first-order valence-corrected chi connectivity index (χ1v) is 11.2. The average Bonchev–Trinajstić information content (AvgIpc) is 3.39. The molecular formula is C27H26N2O6. The predicted octanol–water partition coefficient (Wildman–Crippen LogP) is 4.07. The van der Waals surface area contributed by atoms with Crippen LogP contribution >= 0.6 is 0 Å². The van der Waals surface area contributed by atoms with Crippen molar-refractivity contribution in [3.8, 4) is 17.2 Å². The van der Waals surface area contributed by atoms with E-state index in [1.165, 1.54) is 19.1 Å². The number of anilines is 2. The van der Waals surface area contributed by atoms with Crippen LogP contribution in [0.15, 0.2) is 66.7 Å². The first kappa shape index (κ1) is 22.7. The second-order valence-corrected chi connectivity index (χ2v) is 8.43. The van der Waals surface area contributed by atoms with Crippen molar-refractivity contribution < 1.29 is 28.6 Å². The van der Waals surface area contributed by atoms with E-state index >= 15 is 0 Å². The van der Waals surface area contributed by atoms with Gasteiger partial charge in [0.2, 0.25) is 11.7 Å². The van der Waals surface area contributed by atoms with Crippen LogP contribution in [0.2, 0.25) is 0 Å². The lowest BCUT2D eigenvalue weighted by Crippen LogP contribution is -2.37. The van der Waals surface area contributed by atoms with Gasteiger partial charge in [-0.1, -0.05) is 30.3 Å². The van der Waals surface area contributed by atoms with E-state index in [9.17, 15) is 9.59 Å². The molecule has 2 saturated heterocycles. The molecule has 0 bridgehead atoms. The molecule has 2 aliphatic rings. The van der Waals surface area contributed by atoms with Gasteiger partial charge in [0.05, 0.1) is 32.7 Å². The zero-order valence-corrected chi connectivity index (χ0v) is 19.9. The quantitative estimate of drug-likeness (QED) is 0.499. The Labute approximate surface area is 203 Å². The number of imide groups is 1. The monoisotopic (exact) mass is 474 g/mol. The van der Waals surface area contributed by atoms with Gasteiger partial charge in [0.15, 0.2) is 17.6 Å². The molecule has 8 heteroatoms. The molecule has 0 aromatic heterocycles. The summed E-state index contributed by atoms with van der Waals surface area (Å²) in [6.07, 6.45) is -0.981. The molecule has 3 atom stereocenters.